The van der Waals surface area contributed by atoms with Gasteiger partial charge in [-0.25, -0.2) is 4.79 Å². The van der Waals surface area contributed by atoms with Gasteiger partial charge in [-0.3, -0.25) is 4.79 Å². The number of rotatable bonds is 6. The van der Waals surface area contributed by atoms with E-state index in [0.717, 1.165) is 5.56 Å². The van der Waals surface area contributed by atoms with E-state index in [4.69, 9.17) is 4.74 Å². The molecule has 2 aromatic carbocycles. The van der Waals surface area contributed by atoms with Gasteiger partial charge in [0.15, 0.2) is 0 Å². The van der Waals surface area contributed by atoms with Crippen LogP contribution in [0.3, 0.4) is 0 Å². The molecule has 0 atom stereocenters. The lowest BCUT2D eigenvalue weighted by Gasteiger charge is -2.08. The summed E-state index contributed by atoms with van der Waals surface area (Å²) in [5, 5.41) is 2.76. The van der Waals surface area contributed by atoms with Gasteiger partial charge in [-0.1, -0.05) is 43.7 Å². The molecule has 0 saturated carbocycles. The monoisotopic (exact) mass is 337 g/mol. The zero-order valence-corrected chi connectivity index (χ0v) is 14.8. The molecule has 0 fully saturated rings. The summed E-state index contributed by atoms with van der Waals surface area (Å²) in [5.74, 6) is -0.288. The van der Waals surface area contributed by atoms with Crippen LogP contribution in [-0.2, 0) is 9.53 Å². The van der Waals surface area contributed by atoms with Gasteiger partial charge in [0, 0.05) is 11.8 Å². The Morgan fingerprint density at radius 1 is 1.04 bits per heavy atom. The molecule has 0 aliphatic carbocycles. The Labute approximate surface area is 148 Å². The van der Waals surface area contributed by atoms with Crippen molar-refractivity contribution < 1.29 is 14.3 Å². The average Bonchev–Trinajstić information content (AvgIpc) is 2.60. The van der Waals surface area contributed by atoms with Crippen molar-refractivity contribution in [2.24, 2.45) is 5.92 Å². The van der Waals surface area contributed by atoms with Crippen molar-refractivity contribution in [1.82, 2.24) is 0 Å². The molecule has 0 heterocycles. The Hall–Kier alpha value is -2.88. The number of amides is 1. The van der Waals surface area contributed by atoms with Crippen LogP contribution in [0.25, 0.3) is 6.08 Å². The fourth-order valence-corrected chi connectivity index (χ4v) is 2.05. The van der Waals surface area contributed by atoms with Gasteiger partial charge >= 0.3 is 5.97 Å². The van der Waals surface area contributed by atoms with Crippen molar-refractivity contribution in [3.8, 4) is 0 Å². The first-order valence-corrected chi connectivity index (χ1v) is 8.27. The van der Waals surface area contributed by atoms with E-state index in [1.165, 1.54) is 11.6 Å². The van der Waals surface area contributed by atoms with Crippen LogP contribution >= 0.6 is 0 Å². The predicted molar refractivity (Wildman–Crippen MR) is 100 cm³/mol. The smallest absolute Gasteiger partial charge is 0.338 e. The van der Waals surface area contributed by atoms with Gasteiger partial charge < -0.3 is 10.1 Å². The van der Waals surface area contributed by atoms with Crippen molar-refractivity contribution in [3.63, 3.8) is 0 Å². The second-order valence-corrected chi connectivity index (χ2v) is 6.30. The Morgan fingerprint density at radius 3 is 2.28 bits per heavy atom. The number of carbonyl (C=O) groups excluding carboxylic acids is 2. The Kier molecular flexibility index (Phi) is 6.52. The van der Waals surface area contributed by atoms with Gasteiger partial charge in [0.25, 0.3) is 0 Å². The van der Waals surface area contributed by atoms with E-state index < -0.39 is 0 Å². The van der Waals surface area contributed by atoms with Gasteiger partial charge in [0.05, 0.1) is 12.2 Å². The lowest BCUT2D eigenvalue weighted by Crippen LogP contribution is -2.11. The number of benzene rings is 2. The summed E-state index contributed by atoms with van der Waals surface area (Å²) in [7, 11) is 0. The molecule has 4 heteroatoms. The van der Waals surface area contributed by atoms with Crippen molar-refractivity contribution in [2.75, 3.05) is 11.9 Å². The second-order valence-electron chi connectivity index (χ2n) is 6.30. The number of anilines is 1. The predicted octanol–water partition coefficient (Wildman–Crippen LogP) is 4.46. The maximum atomic E-state index is 12.0. The van der Waals surface area contributed by atoms with Crippen LogP contribution in [0.2, 0.25) is 0 Å². The first-order valence-electron chi connectivity index (χ1n) is 8.27. The minimum absolute atomic E-state index is 0.226. The molecule has 0 unspecified atom stereocenters. The van der Waals surface area contributed by atoms with Gasteiger partial charge in [0.2, 0.25) is 5.91 Å². The normalized spacial score (nSPS) is 10.9. The number of aryl methyl sites for hydroxylation is 1. The third-order valence-electron chi connectivity index (χ3n) is 3.44. The van der Waals surface area contributed by atoms with Crippen molar-refractivity contribution in [1.29, 1.82) is 0 Å². The Morgan fingerprint density at radius 2 is 1.68 bits per heavy atom. The molecule has 1 N–H and O–H groups in total. The summed E-state index contributed by atoms with van der Waals surface area (Å²) < 4.78 is 5.17. The van der Waals surface area contributed by atoms with Crippen molar-refractivity contribution >= 4 is 23.6 Å². The number of carbonyl (C=O) groups is 2. The summed E-state index contributed by atoms with van der Waals surface area (Å²) in [6, 6.07) is 14.5. The Bertz CT molecular complexity index is 744. The molecule has 2 rings (SSSR count). The van der Waals surface area contributed by atoms with Crippen LogP contribution in [0, 0.1) is 12.8 Å². The SMILES string of the molecule is Cc1ccc(/C=C/C(=O)Nc2ccc(C(=O)OCC(C)C)cc2)cc1. The van der Waals surface area contributed by atoms with E-state index in [0.29, 0.717) is 23.8 Å². The van der Waals surface area contributed by atoms with Gasteiger partial charge in [-0.15, -0.1) is 0 Å². The maximum absolute atomic E-state index is 12.0. The molecular formula is C21H23NO3. The quantitative estimate of drug-likeness (QED) is 0.625. The molecule has 0 saturated heterocycles. The molecular weight excluding hydrogens is 314 g/mol. The standard InChI is InChI=1S/C21H23NO3/c1-15(2)14-25-21(24)18-9-11-19(12-10-18)22-20(23)13-8-17-6-4-16(3)5-7-17/h4-13,15H,14H2,1-3H3,(H,22,23)/b13-8+. The summed E-state index contributed by atoms with van der Waals surface area (Å²) in [5.41, 5.74) is 3.23. The highest BCUT2D eigenvalue weighted by Crippen LogP contribution is 2.12. The lowest BCUT2D eigenvalue weighted by atomic mass is 10.1. The lowest BCUT2D eigenvalue weighted by molar-refractivity contribution is -0.111. The molecule has 4 nitrogen and oxygen atoms in total. The van der Waals surface area contributed by atoms with Gasteiger partial charge in [-0.2, -0.15) is 0 Å². The molecule has 25 heavy (non-hydrogen) atoms. The van der Waals surface area contributed by atoms with Gasteiger partial charge in [-0.05, 0) is 48.7 Å². The van der Waals surface area contributed by atoms with E-state index in [1.807, 2.05) is 45.0 Å². The summed E-state index contributed by atoms with van der Waals surface area (Å²) in [6.07, 6.45) is 3.24. The highest BCUT2D eigenvalue weighted by molar-refractivity contribution is 6.02. The van der Waals surface area contributed by atoms with Crippen molar-refractivity contribution in [3.05, 3.63) is 71.3 Å². The second kappa shape index (κ2) is 8.83. The van der Waals surface area contributed by atoms with Crippen LogP contribution in [0.1, 0.15) is 35.3 Å². The fourth-order valence-electron chi connectivity index (χ4n) is 2.05. The molecule has 0 aliphatic heterocycles. The van der Waals surface area contributed by atoms with Crippen LogP contribution in [0.4, 0.5) is 5.69 Å². The number of nitrogens with one attached hydrogen (secondary N) is 1. The molecule has 1 amide bonds. The van der Waals surface area contributed by atoms with E-state index in [2.05, 4.69) is 5.32 Å². The first-order chi connectivity index (χ1) is 11.9. The number of esters is 1. The van der Waals surface area contributed by atoms with Crippen LogP contribution in [0.15, 0.2) is 54.6 Å². The zero-order chi connectivity index (χ0) is 18.2. The van der Waals surface area contributed by atoms with E-state index in [-0.39, 0.29) is 11.9 Å². The minimum atomic E-state index is -0.356. The van der Waals surface area contributed by atoms with E-state index >= 15 is 0 Å². The first kappa shape index (κ1) is 18.5. The molecule has 0 spiro atoms. The third-order valence-corrected chi connectivity index (χ3v) is 3.44. The highest BCUT2D eigenvalue weighted by Gasteiger charge is 2.08. The van der Waals surface area contributed by atoms with E-state index in [1.54, 1.807) is 30.3 Å². The highest BCUT2D eigenvalue weighted by atomic mass is 16.5. The molecule has 0 radical (unpaired) electrons. The topological polar surface area (TPSA) is 55.4 Å². The Balaban J connectivity index is 1.90. The molecule has 0 aromatic heterocycles. The minimum Gasteiger partial charge on any atom is -0.462 e. The number of hydrogen-bond donors (Lipinski definition) is 1. The maximum Gasteiger partial charge on any atom is 0.338 e. The molecule has 130 valence electrons. The van der Waals surface area contributed by atoms with Gasteiger partial charge in [0.1, 0.15) is 0 Å². The largest absolute Gasteiger partial charge is 0.462 e. The van der Waals surface area contributed by atoms with E-state index in [9.17, 15) is 9.59 Å². The van der Waals surface area contributed by atoms with Crippen LogP contribution in [-0.4, -0.2) is 18.5 Å². The summed E-state index contributed by atoms with van der Waals surface area (Å²) >= 11 is 0. The number of ether oxygens (including phenoxy) is 1. The fraction of sp³-hybridized carbons (Fsp3) is 0.238. The van der Waals surface area contributed by atoms with Crippen molar-refractivity contribution in [2.45, 2.75) is 20.8 Å². The molecule has 0 bridgehead atoms. The summed E-state index contributed by atoms with van der Waals surface area (Å²) in [6.45, 7) is 6.37. The zero-order valence-electron chi connectivity index (χ0n) is 14.8. The summed E-state index contributed by atoms with van der Waals surface area (Å²) in [4.78, 5) is 23.8. The molecule has 2 aromatic rings. The van der Waals surface area contributed by atoms with Crippen LogP contribution in [0.5, 0.6) is 0 Å². The number of hydrogen-bond acceptors (Lipinski definition) is 3. The van der Waals surface area contributed by atoms with Crippen LogP contribution < -0.4 is 5.32 Å². The third kappa shape index (κ3) is 6.26. The molecule has 0 aliphatic rings. The average molecular weight is 337 g/mol.